The molecule has 0 bridgehead atoms. The largest absolute Gasteiger partial charge is 0.337 e. The number of carbonyl (C=O) groups excluding carboxylic acids is 1. The summed E-state index contributed by atoms with van der Waals surface area (Å²) in [4.78, 5) is 14.3. The summed E-state index contributed by atoms with van der Waals surface area (Å²) < 4.78 is 39.3. The Kier molecular flexibility index (Phi) is 4.64. The number of halogens is 1. The quantitative estimate of drug-likeness (QED) is 0.884. The summed E-state index contributed by atoms with van der Waals surface area (Å²) in [5, 5.41) is 5.85. The van der Waals surface area contributed by atoms with Crippen LogP contribution in [-0.4, -0.2) is 48.3 Å². The van der Waals surface area contributed by atoms with E-state index in [-0.39, 0.29) is 36.7 Å². The molecule has 0 saturated carbocycles. The third kappa shape index (κ3) is 3.30. The van der Waals surface area contributed by atoms with Gasteiger partial charge >= 0.3 is 0 Å². The predicted molar refractivity (Wildman–Crippen MR) is 91.5 cm³/mol. The Balaban J connectivity index is 1.88. The van der Waals surface area contributed by atoms with E-state index in [1.807, 2.05) is 0 Å². The van der Waals surface area contributed by atoms with Gasteiger partial charge < -0.3 is 4.90 Å². The van der Waals surface area contributed by atoms with Crippen molar-refractivity contribution >= 4 is 15.7 Å². The molecular weight excluding hydrogens is 345 g/mol. The first-order valence-corrected chi connectivity index (χ1v) is 9.79. The maximum Gasteiger partial charge on any atom is 0.257 e. The van der Waals surface area contributed by atoms with E-state index in [0.717, 1.165) is 0 Å². The van der Waals surface area contributed by atoms with Gasteiger partial charge in [-0.2, -0.15) is 5.10 Å². The molecule has 1 saturated heterocycles. The predicted octanol–water partition coefficient (Wildman–Crippen LogP) is 2.17. The number of benzene rings is 1. The van der Waals surface area contributed by atoms with Crippen LogP contribution in [0.4, 0.5) is 4.39 Å². The third-order valence-corrected chi connectivity index (χ3v) is 6.73. The Labute approximate surface area is 146 Å². The summed E-state index contributed by atoms with van der Waals surface area (Å²) in [6.07, 6.45) is 0.172. The van der Waals surface area contributed by atoms with E-state index >= 15 is 0 Å². The molecule has 134 valence electrons. The number of H-pyrrole nitrogens is 1. The van der Waals surface area contributed by atoms with Crippen LogP contribution in [0.15, 0.2) is 24.3 Å². The molecule has 1 aromatic heterocycles. The highest BCUT2D eigenvalue weighted by Crippen LogP contribution is 2.31. The molecule has 1 N–H and O–H groups in total. The highest BCUT2D eigenvalue weighted by molar-refractivity contribution is 7.91. The number of hydrogen-bond donors (Lipinski definition) is 1. The van der Waals surface area contributed by atoms with Crippen molar-refractivity contribution in [3.05, 3.63) is 52.6 Å². The normalized spacial score (nSPS) is 20.3. The number of aromatic amines is 1. The van der Waals surface area contributed by atoms with Crippen LogP contribution in [0.1, 0.15) is 39.0 Å². The van der Waals surface area contributed by atoms with Crippen molar-refractivity contribution in [2.24, 2.45) is 0 Å². The van der Waals surface area contributed by atoms with Gasteiger partial charge in [-0.3, -0.25) is 9.89 Å². The second-order valence-corrected chi connectivity index (χ2v) is 8.57. The topological polar surface area (TPSA) is 83.1 Å². The van der Waals surface area contributed by atoms with Gasteiger partial charge in [-0.25, -0.2) is 12.8 Å². The Bertz CT molecular complexity index is 888. The minimum absolute atomic E-state index is 0.0934. The van der Waals surface area contributed by atoms with Gasteiger partial charge in [0.25, 0.3) is 5.91 Å². The molecule has 1 aliphatic heterocycles. The van der Waals surface area contributed by atoms with Crippen molar-refractivity contribution in [2.45, 2.75) is 25.5 Å². The summed E-state index contributed by atoms with van der Waals surface area (Å²) in [7, 11) is -3.55. The second kappa shape index (κ2) is 6.59. The van der Waals surface area contributed by atoms with Gasteiger partial charge in [0.15, 0.2) is 9.84 Å². The van der Waals surface area contributed by atoms with E-state index in [1.54, 1.807) is 19.9 Å². The van der Waals surface area contributed by atoms with Crippen LogP contribution in [0, 0.1) is 19.7 Å². The fourth-order valence-electron chi connectivity index (χ4n) is 3.26. The van der Waals surface area contributed by atoms with Crippen LogP contribution in [0.25, 0.3) is 0 Å². The van der Waals surface area contributed by atoms with Crippen molar-refractivity contribution in [2.75, 3.05) is 18.8 Å². The molecule has 0 spiro atoms. The Morgan fingerprint density at radius 1 is 1.28 bits per heavy atom. The average molecular weight is 365 g/mol. The Hall–Kier alpha value is -2.22. The van der Waals surface area contributed by atoms with Crippen molar-refractivity contribution in [1.82, 2.24) is 15.1 Å². The van der Waals surface area contributed by atoms with Crippen molar-refractivity contribution in [3.63, 3.8) is 0 Å². The second-order valence-electron chi connectivity index (χ2n) is 6.27. The molecule has 1 unspecified atom stereocenters. The fraction of sp³-hybridized carbons (Fsp3) is 0.412. The van der Waals surface area contributed by atoms with E-state index in [2.05, 4.69) is 10.2 Å². The molecule has 0 aliphatic carbocycles. The number of nitrogens with zero attached hydrogens (tertiary/aromatic N) is 2. The summed E-state index contributed by atoms with van der Waals surface area (Å²) >= 11 is 0. The Morgan fingerprint density at radius 3 is 2.64 bits per heavy atom. The standard InChI is InChI=1S/C17H20FN3O3S/c1-11-16(12(2)20-19-11)17(22)21-8-7-15(25(23,24)10-9-21)13-5-3-4-6-14(13)18/h3-6,15H,7-10H2,1-2H3,(H,19,20). The molecule has 3 rings (SSSR count). The molecule has 2 heterocycles. The molecule has 1 amide bonds. The summed E-state index contributed by atoms with van der Waals surface area (Å²) in [6.45, 7) is 3.83. The first-order chi connectivity index (χ1) is 11.8. The fourth-order valence-corrected chi connectivity index (χ4v) is 5.06. The van der Waals surface area contributed by atoms with Crippen LogP contribution < -0.4 is 0 Å². The van der Waals surface area contributed by atoms with E-state index in [0.29, 0.717) is 17.0 Å². The van der Waals surface area contributed by atoms with Crippen LogP contribution >= 0.6 is 0 Å². The molecule has 0 radical (unpaired) electrons. The number of amides is 1. The lowest BCUT2D eigenvalue weighted by molar-refractivity contribution is 0.0765. The molecule has 1 aromatic carbocycles. The van der Waals surface area contributed by atoms with Crippen molar-refractivity contribution in [3.8, 4) is 0 Å². The molecule has 8 heteroatoms. The van der Waals surface area contributed by atoms with E-state index in [4.69, 9.17) is 0 Å². The summed E-state index contributed by atoms with van der Waals surface area (Å²) in [5.41, 5.74) is 1.88. The van der Waals surface area contributed by atoms with Crippen molar-refractivity contribution < 1.29 is 17.6 Å². The lowest BCUT2D eigenvalue weighted by atomic mass is 10.1. The smallest absolute Gasteiger partial charge is 0.257 e. The SMILES string of the molecule is Cc1n[nH]c(C)c1C(=O)N1CCC(c2ccccc2F)S(=O)(=O)CC1. The molecule has 25 heavy (non-hydrogen) atoms. The van der Waals surface area contributed by atoms with Gasteiger partial charge in [-0.15, -0.1) is 0 Å². The Morgan fingerprint density at radius 2 is 2.00 bits per heavy atom. The average Bonchev–Trinajstić information content (AvgIpc) is 2.80. The zero-order chi connectivity index (χ0) is 18.2. The number of aromatic nitrogens is 2. The maximum absolute atomic E-state index is 14.1. The number of rotatable bonds is 2. The van der Waals surface area contributed by atoms with E-state index in [1.165, 1.54) is 23.1 Å². The zero-order valence-electron chi connectivity index (χ0n) is 14.1. The highest BCUT2D eigenvalue weighted by atomic mass is 32.2. The van der Waals surface area contributed by atoms with Crippen LogP contribution in [0.5, 0.6) is 0 Å². The molecule has 1 atom stereocenters. The van der Waals surface area contributed by atoms with Crippen LogP contribution in [-0.2, 0) is 9.84 Å². The van der Waals surface area contributed by atoms with E-state index < -0.39 is 20.9 Å². The molecule has 2 aromatic rings. The molecule has 1 fully saturated rings. The zero-order valence-corrected chi connectivity index (χ0v) is 14.9. The minimum atomic E-state index is -3.55. The van der Waals surface area contributed by atoms with Crippen LogP contribution in [0.2, 0.25) is 0 Å². The molecule has 1 aliphatic rings. The first-order valence-electron chi connectivity index (χ1n) is 8.08. The molecule has 6 nitrogen and oxygen atoms in total. The van der Waals surface area contributed by atoms with Gasteiger partial charge in [0.2, 0.25) is 0 Å². The number of carbonyl (C=O) groups is 1. The first kappa shape index (κ1) is 17.6. The minimum Gasteiger partial charge on any atom is -0.337 e. The van der Waals surface area contributed by atoms with Crippen LogP contribution in [0.3, 0.4) is 0 Å². The summed E-state index contributed by atoms with van der Waals surface area (Å²) in [6, 6.07) is 5.92. The number of sulfone groups is 1. The maximum atomic E-state index is 14.1. The monoisotopic (exact) mass is 365 g/mol. The number of hydrogen-bond acceptors (Lipinski definition) is 4. The van der Waals surface area contributed by atoms with Gasteiger partial charge in [-0.1, -0.05) is 18.2 Å². The number of aryl methyl sites for hydroxylation is 2. The van der Waals surface area contributed by atoms with Gasteiger partial charge in [0.1, 0.15) is 5.82 Å². The van der Waals surface area contributed by atoms with Crippen molar-refractivity contribution in [1.29, 1.82) is 0 Å². The lowest BCUT2D eigenvalue weighted by Gasteiger charge is -2.20. The third-order valence-electron chi connectivity index (χ3n) is 4.62. The highest BCUT2D eigenvalue weighted by Gasteiger charge is 2.35. The lowest BCUT2D eigenvalue weighted by Crippen LogP contribution is -2.34. The number of nitrogens with one attached hydrogen (secondary N) is 1. The summed E-state index contributed by atoms with van der Waals surface area (Å²) in [5.74, 6) is -0.959. The molecular formula is C17H20FN3O3S. The van der Waals surface area contributed by atoms with E-state index in [9.17, 15) is 17.6 Å². The van der Waals surface area contributed by atoms with Gasteiger partial charge in [-0.05, 0) is 26.3 Å². The van der Waals surface area contributed by atoms with Gasteiger partial charge in [0, 0.05) is 24.3 Å². The van der Waals surface area contributed by atoms with Gasteiger partial charge in [0.05, 0.1) is 22.3 Å².